The summed E-state index contributed by atoms with van der Waals surface area (Å²) in [4.78, 5) is 22.4. The molecule has 0 aliphatic rings. The molecule has 1 heterocycles. The number of carboxylic acid groups (broad SMARTS) is 1. The molecule has 2 rings (SSSR count). The molecule has 0 radical (unpaired) electrons. The Morgan fingerprint density at radius 3 is 2.79 bits per heavy atom. The van der Waals surface area contributed by atoms with Crippen LogP contribution in [0.4, 0.5) is 0 Å². The fraction of sp³-hybridized carbons (Fsp3) is 0.333. The Hall–Kier alpha value is -2.12. The van der Waals surface area contributed by atoms with Crippen molar-refractivity contribution in [1.29, 1.82) is 0 Å². The first-order valence-corrected chi connectivity index (χ1v) is 5.71. The normalized spacial score (nSPS) is 14.5. The summed E-state index contributed by atoms with van der Waals surface area (Å²) in [6, 6.07) is 3.31. The lowest BCUT2D eigenvalue weighted by atomic mass is 10.00. The minimum atomic E-state index is -1.03. The Bertz CT molecular complexity index is 673. The number of benzene rings is 1. The number of oxazole rings is 1. The first-order valence-electron chi connectivity index (χ1n) is 5.71. The Morgan fingerprint density at radius 1 is 1.53 bits per heavy atom. The van der Waals surface area contributed by atoms with Gasteiger partial charge in [-0.3, -0.25) is 9.36 Å². The second-order valence-electron chi connectivity index (χ2n) is 4.28. The molecule has 0 amide bonds. The highest BCUT2D eigenvalue weighted by molar-refractivity contribution is 5.77. The number of nitrogens with one attached hydrogen (secondary N) is 1. The van der Waals surface area contributed by atoms with E-state index >= 15 is 0 Å². The number of likely N-dealkylation sites (N-methyl/N-ethyl adjacent to an activating group) is 1. The highest BCUT2D eigenvalue weighted by Crippen LogP contribution is 2.20. The maximum absolute atomic E-state index is 11.4. The molecule has 102 valence electrons. The molecule has 7 heteroatoms. The molecule has 19 heavy (non-hydrogen) atoms. The van der Waals surface area contributed by atoms with Gasteiger partial charge in [-0.05, 0) is 24.7 Å². The molecule has 2 aromatic rings. The minimum Gasteiger partial charge on any atom is -0.480 e. The maximum atomic E-state index is 11.4. The second-order valence-corrected chi connectivity index (χ2v) is 4.28. The van der Waals surface area contributed by atoms with Crippen LogP contribution in [0, 0.1) is 0 Å². The van der Waals surface area contributed by atoms with Crippen LogP contribution >= 0.6 is 0 Å². The summed E-state index contributed by atoms with van der Waals surface area (Å²) in [6.45, 7) is 0. The smallest absolute Gasteiger partial charge is 0.419 e. The summed E-state index contributed by atoms with van der Waals surface area (Å²) >= 11 is 0. The first kappa shape index (κ1) is 13.3. The van der Waals surface area contributed by atoms with Crippen molar-refractivity contribution in [3.8, 4) is 0 Å². The lowest BCUT2D eigenvalue weighted by Crippen LogP contribution is -2.43. The van der Waals surface area contributed by atoms with Gasteiger partial charge in [0.05, 0.1) is 11.6 Å². The van der Waals surface area contributed by atoms with Gasteiger partial charge in [0.15, 0.2) is 5.58 Å². The van der Waals surface area contributed by atoms with Gasteiger partial charge in [-0.1, -0.05) is 6.07 Å². The molecule has 2 atom stereocenters. The topological polar surface area (TPSA) is 110 Å². The molecule has 4 N–H and O–H groups in total. The van der Waals surface area contributed by atoms with Crippen molar-refractivity contribution in [3.05, 3.63) is 34.3 Å². The number of carbonyl (C=O) groups is 1. The molecule has 0 aliphatic heterocycles. The van der Waals surface area contributed by atoms with Gasteiger partial charge in [-0.15, -0.1) is 0 Å². The number of carboxylic acids is 1. The molecule has 0 saturated carbocycles. The number of hydrogen-bond acceptors (Lipinski definition) is 5. The van der Waals surface area contributed by atoms with Crippen molar-refractivity contribution < 1.29 is 14.3 Å². The molecular formula is C12H15N3O4. The maximum Gasteiger partial charge on any atom is 0.419 e. The van der Waals surface area contributed by atoms with E-state index in [4.69, 9.17) is 15.3 Å². The van der Waals surface area contributed by atoms with E-state index in [-0.39, 0.29) is 0 Å². The van der Waals surface area contributed by atoms with Crippen molar-refractivity contribution in [2.75, 3.05) is 7.05 Å². The van der Waals surface area contributed by atoms with Crippen molar-refractivity contribution in [3.63, 3.8) is 0 Å². The quantitative estimate of drug-likeness (QED) is 0.706. The largest absolute Gasteiger partial charge is 0.480 e. The van der Waals surface area contributed by atoms with E-state index in [9.17, 15) is 9.59 Å². The van der Waals surface area contributed by atoms with E-state index in [1.165, 1.54) is 11.6 Å². The van der Waals surface area contributed by atoms with Gasteiger partial charge < -0.3 is 20.6 Å². The van der Waals surface area contributed by atoms with Gasteiger partial charge in [-0.25, -0.2) is 4.79 Å². The molecule has 1 aromatic heterocycles. The first-order chi connectivity index (χ1) is 8.95. The molecule has 1 aromatic carbocycles. The van der Waals surface area contributed by atoms with Crippen molar-refractivity contribution in [2.24, 2.45) is 12.8 Å². The van der Waals surface area contributed by atoms with Crippen LogP contribution in [-0.2, 0) is 11.8 Å². The van der Waals surface area contributed by atoms with E-state index in [0.29, 0.717) is 16.7 Å². The van der Waals surface area contributed by atoms with Crippen LogP contribution in [0.1, 0.15) is 11.6 Å². The lowest BCUT2D eigenvalue weighted by Gasteiger charge is -2.19. The number of rotatable bonds is 4. The molecule has 0 bridgehead atoms. The Kier molecular flexibility index (Phi) is 3.41. The fourth-order valence-electron chi connectivity index (χ4n) is 2.00. The summed E-state index contributed by atoms with van der Waals surface area (Å²) in [5.74, 6) is -1.50. The van der Waals surface area contributed by atoms with Crippen LogP contribution in [0.2, 0.25) is 0 Å². The summed E-state index contributed by atoms with van der Waals surface area (Å²) in [5, 5.41) is 11.7. The number of aromatic nitrogens is 1. The standard InChI is InChI=1S/C12H15N3O4/c1-14-10(11(16)17)9(13)6-3-4-8-7(5-6)15(2)12(18)19-8/h3-5,9-10,14H,13H2,1-2H3,(H,16,17). The second kappa shape index (κ2) is 4.87. The highest BCUT2D eigenvalue weighted by Gasteiger charge is 2.25. The van der Waals surface area contributed by atoms with Crippen LogP contribution in [0.15, 0.2) is 27.4 Å². The summed E-state index contributed by atoms with van der Waals surface area (Å²) in [7, 11) is 3.11. The number of nitrogens with two attached hydrogens (primary N) is 1. The molecule has 0 spiro atoms. The van der Waals surface area contributed by atoms with Crippen LogP contribution < -0.4 is 16.8 Å². The van der Waals surface area contributed by atoms with Crippen LogP contribution in [0.25, 0.3) is 11.1 Å². The van der Waals surface area contributed by atoms with E-state index in [0.717, 1.165) is 0 Å². The van der Waals surface area contributed by atoms with Crippen LogP contribution in [-0.4, -0.2) is 28.7 Å². The van der Waals surface area contributed by atoms with Crippen molar-refractivity contribution in [1.82, 2.24) is 9.88 Å². The number of fused-ring (bicyclic) bond motifs is 1. The van der Waals surface area contributed by atoms with Gasteiger partial charge in [0.1, 0.15) is 6.04 Å². The zero-order valence-corrected chi connectivity index (χ0v) is 10.6. The third-order valence-corrected chi connectivity index (χ3v) is 3.14. The average Bonchev–Trinajstić information content (AvgIpc) is 2.65. The summed E-state index contributed by atoms with van der Waals surface area (Å²) < 4.78 is 6.35. The third-order valence-electron chi connectivity index (χ3n) is 3.14. The number of nitrogens with zero attached hydrogens (tertiary/aromatic N) is 1. The number of aryl methyl sites for hydroxylation is 1. The molecule has 2 unspecified atom stereocenters. The van der Waals surface area contributed by atoms with E-state index < -0.39 is 23.8 Å². The van der Waals surface area contributed by atoms with Gasteiger partial charge in [0.2, 0.25) is 0 Å². The zero-order chi connectivity index (χ0) is 14.2. The van der Waals surface area contributed by atoms with E-state index in [1.54, 1.807) is 25.2 Å². The molecule has 0 aliphatic carbocycles. The Morgan fingerprint density at radius 2 is 2.21 bits per heavy atom. The monoisotopic (exact) mass is 265 g/mol. The third kappa shape index (κ3) is 2.25. The Labute approximate surface area is 108 Å². The fourth-order valence-corrected chi connectivity index (χ4v) is 2.00. The summed E-state index contributed by atoms with van der Waals surface area (Å²) in [5.41, 5.74) is 7.58. The lowest BCUT2D eigenvalue weighted by molar-refractivity contribution is -0.139. The Balaban J connectivity index is 2.48. The molecule has 0 saturated heterocycles. The van der Waals surface area contributed by atoms with Gasteiger partial charge in [-0.2, -0.15) is 0 Å². The van der Waals surface area contributed by atoms with E-state index in [2.05, 4.69) is 5.32 Å². The van der Waals surface area contributed by atoms with Gasteiger partial charge in [0.25, 0.3) is 0 Å². The number of aliphatic carboxylic acids is 1. The predicted molar refractivity (Wildman–Crippen MR) is 68.9 cm³/mol. The molecule has 0 fully saturated rings. The van der Waals surface area contributed by atoms with Crippen LogP contribution in [0.3, 0.4) is 0 Å². The summed E-state index contributed by atoms with van der Waals surface area (Å²) in [6.07, 6.45) is 0. The molecular weight excluding hydrogens is 250 g/mol. The SMILES string of the molecule is CNC(C(=O)O)C(N)c1ccc2oc(=O)n(C)c2c1. The highest BCUT2D eigenvalue weighted by atomic mass is 16.4. The van der Waals surface area contributed by atoms with Crippen molar-refractivity contribution in [2.45, 2.75) is 12.1 Å². The molecule has 7 nitrogen and oxygen atoms in total. The minimum absolute atomic E-state index is 0.444. The predicted octanol–water partition coefficient (Wildman–Crippen LogP) is -0.196. The van der Waals surface area contributed by atoms with Crippen LogP contribution in [0.5, 0.6) is 0 Å². The van der Waals surface area contributed by atoms with Gasteiger partial charge in [0, 0.05) is 7.05 Å². The van der Waals surface area contributed by atoms with Crippen molar-refractivity contribution >= 4 is 17.1 Å². The van der Waals surface area contributed by atoms with E-state index in [1.807, 2.05) is 0 Å². The number of hydrogen-bond donors (Lipinski definition) is 3. The zero-order valence-electron chi connectivity index (χ0n) is 10.6. The van der Waals surface area contributed by atoms with Gasteiger partial charge >= 0.3 is 11.7 Å². The average molecular weight is 265 g/mol.